The molecule has 1 aromatic heterocycles. The van der Waals surface area contributed by atoms with Crippen LogP contribution in [0.25, 0.3) is 0 Å². The van der Waals surface area contributed by atoms with Crippen molar-refractivity contribution in [3.05, 3.63) is 11.6 Å². The third kappa shape index (κ3) is 4.91. The van der Waals surface area contributed by atoms with Gasteiger partial charge in [-0.2, -0.15) is 15.0 Å². The highest BCUT2D eigenvalue weighted by molar-refractivity contribution is 7.91. The summed E-state index contributed by atoms with van der Waals surface area (Å²) < 4.78 is 22.6. The maximum atomic E-state index is 11.3. The van der Waals surface area contributed by atoms with Crippen LogP contribution in [0, 0.1) is 6.33 Å². The van der Waals surface area contributed by atoms with E-state index in [9.17, 15) is 8.42 Å². The topological polar surface area (TPSA) is 84.8 Å². The van der Waals surface area contributed by atoms with Crippen LogP contribution in [0.15, 0.2) is 0 Å². The first-order valence-corrected chi connectivity index (χ1v) is 7.05. The lowest BCUT2D eigenvalue weighted by atomic mass is 10.7. The molecule has 89 valence electrons. The highest BCUT2D eigenvalue weighted by atomic mass is 35.5. The van der Waals surface area contributed by atoms with Crippen molar-refractivity contribution in [2.75, 3.05) is 29.2 Å². The van der Waals surface area contributed by atoms with Crippen molar-refractivity contribution in [2.45, 2.75) is 0 Å². The molecule has 16 heavy (non-hydrogen) atoms. The molecule has 1 aromatic rings. The third-order valence-electron chi connectivity index (χ3n) is 1.58. The predicted octanol–water partition coefficient (Wildman–Crippen LogP) is 0.391. The second kappa shape index (κ2) is 6.17. The van der Waals surface area contributed by atoms with Gasteiger partial charge in [0.05, 0.1) is 11.5 Å². The molecule has 0 fully saturated rings. The van der Waals surface area contributed by atoms with Gasteiger partial charge in [-0.15, -0.1) is 11.6 Å². The highest BCUT2D eigenvalue weighted by Gasteiger charge is 2.09. The monoisotopic (exact) mass is 283 g/mol. The maximum Gasteiger partial charge on any atom is 0.227 e. The van der Waals surface area contributed by atoms with E-state index < -0.39 is 9.84 Å². The first-order valence-electron chi connectivity index (χ1n) is 4.31. The van der Waals surface area contributed by atoms with E-state index in [1.807, 2.05) is 0 Å². The van der Waals surface area contributed by atoms with Gasteiger partial charge < -0.3 is 5.32 Å². The van der Waals surface area contributed by atoms with E-state index >= 15 is 0 Å². The molecule has 1 radical (unpaired) electrons. The van der Waals surface area contributed by atoms with Crippen LogP contribution >= 0.6 is 23.2 Å². The Hall–Kier alpha value is -0.660. The van der Waals surface area contributed by atoms with E-state index in [0.29, 0.717) is 0 Å². The van der Waals surface area contributed by atoms with Crippen LogP contribution in [0.4, 0.5) is 5.95 Å². The van der Waals surface area contributed by atoms with E-state index in [2.05, 4.69) is 26.6 Å². The van der Waals surface area contributed by atoms with E-state index in [1.165, 1.54) is 0 Å². The molecule has 0 atom stereocenters. The van der Waals surface area contributed by atoms with Crippen LogP contribution in [0.3, 0.4) is 0 Å². The second-order valence-electron chi connectivity index (χ2n) is 2.80. The van der Waals surface area contributed by atoms with E-state index in [4.69, 9.17) is 23.2 Å². The molecule has 0 saturated heterocycles. The normalized spacial score (nSPS) is 11.4. The molecule has 1 heterocycles. The SMILES string of the molecule is O=S(=O)(CCCl)CCNc1n[c]nc(Cl)n1. The Kier molecular flexibility index (Phi) is 5.17. The zero-order chi connectivity index (χ0) is 12.0. The molecule has 0 amide bonds. The van der Waals surface area contributed by atoms with Gasteiger partial charge >= 0.3 is 0 Å². The molecule has 0 aliphatic rings. The van der Waals surface area contributed by atoms with Crippen LogP contribution in [-0.4, -0.2) is 47.3 Å². The summed E-state index contributed by atoms with van der Waals surface area (Å²) in [6.45, 7) is 0.188. The number of rotatable bonds is 6. The fourth-order valence-corrected chi connectivity index (χ4v) is 2.54. The van der Waals surface area contributed by atoms with Gasteiger partial charge in [0.1, 0.15) is 0 Å². The van der Waals surface area contributed by atoms with E-state index in [-0.39, 0.29) is 35.2 Å². The number of halogens is 2. The molecule has 6 nitrogen and oxygen atoms in total. The Morgan fingerprint density at radius 1 is 1.31 bits per heavy atom. The lowest BCUT2D eigenvalue weighted by molar-refractivity contribution is 0.598. The summed E-state index contributed by atoms with van der Waals surface area (Å²) in [7, 11) is -3.12. The number of hydrogen-bond donors (Lipinski definition) is 1. The maximum absolute atomic E-state index is 11.3. The lowest BCUT2D eigenvalue weighted by Crippen LogP contribution is -2.20. The van der Waals surface area contributed by atoms with Gasteiger partial charge in [-0.3, -0.25) is 0 Å². The Morgan fingerprint density at radius 2 is 2.06 bits per heavy atom. The molecule has 0 aliphatic carbocycles. The van der Waals surface area contributed by atoms with Gasteiger partial charge in [-0.1, -0.05) is 0 Å². The first-order chi connectivity index (χ1) is 7.53. The number of alkyl halides is 1. The number of hydrogen-bond acceptors (Lipinski definition) is 6. The molecular weight excluding hydrogens is 275 g/mol. The Balaban J connectivity index is 2.42. The van der Waals surface area contributed by atoms with Gasteiger partial charge in [0, 0.05) is 12.4 Å². The fraction of sp³-hybridized carbons (Fsp3) is 0.571. The van der Waals surface area contributed by atoms with Crippen LogP contribution in [-0.2, 0) is 9.84 Å². The standard InChI is InChI=1S/C7H9Cl2N4O2S/c8-1-3-16(14,15)4-2-10-7-12-5-11-6(9)13-7/h1-4H2,(H,10,11,12,13). The number of aromatic nitrogens is 3. The molecule has 1 rings (SSSR count). The Bertz CT molecular complexity index is 440. The average Bonchev–Trinajstić information content (AvgIpc) is 2.17. The largest absolute Gasteiger partial charge is 0.353 e. The van der Waals surface area contributed by atoms with Gasteiger partial charge in [-0.05, 0) is 11.6 Å². The number of sulfone groups is 1. The van der Waals surface area contributed by atoms with Crippen molar-refractivity contribution in [3.8, 4) is 0 Å². The molecule has 0 spiro atoms. The van der Waals surface area contributed by atoms with Gasteiger partial charge in [0.2, 0.25) is 17.6 Å². The average molecular weight is 284 g/mol. The number of anilines is 1. The highest BCUT2D eigenvalue weighted by Crippen LogP contribution is 2.01. The quantitative estimate of drug-likeness (QED) is 0.761. The molecule has 0 saturated carbocycles. The second-order valence-corrected chi connectivity index (χ2v) is 5.82. The zero-order valence-corrected chi connectivity index (χ0v) is 10.5. The smallest absolute Gasteiger partial charge is 0.227 e. The minimum absolute atomic E-state index is 0.00103. The van der Waals surface area contributed by atoms with Crippen molar-refractivity contribution in [2.24, 2.45) is 0 Å². The van der Waals surface area contributed by atoms with Gasteiger partial charge in [0.25, 0.3) is 0 Å². The molecule has 0 aliphatic heterocycles. The molecule has 1 N–H and O–H groups in total. The minimum Gasteiger partial charge on any atom is -0.353 e. The minimum atomic E-state index is -3.12. The van der Waals surface area contributed by atoms with Crippen molar-refractivity contribution in [1.29, 1.82) is 0 Å². The Labute approximate surface area is 103 Å². The van der Waals surface area contributed by atoms with Gasteiger partial charge in [-0.25, -0.2) is 8.42 Å². The predicted molar refractivity (Wildman–Crippen MR) is 61.5 cm³/mol. The summed E-state index contributed by atoms with van der Waals surface area (Å²) in [5.41, 5.74) is 0. The van der Waals surface area contributed by atoms with Crippen LogP contribution < -0.4 is 5.32 Å². The van der Waals surface area contributed by atoms with Crippen LogP contribution in [0.1, 0.15) is 0 Å². The molecule has 0 unspecified atom stereocenters. The summed E-state index contributed by atoms with van der Waals surface area (Å²) in [6, 6.07) is 0. The van der Waals surface area contributed by atoms with Crippen LogP contribution in [0.2, 0.25) is 5.28 Å². The summed E-state index contributed by atoms with van der Waals surface area (Å²) in [5, 5.41) is 2.70. The third-order valence-corrected chi connectivity index (χ3v) is 3.82. The zero-order valence-electron chi connectivity index (χ0n) is 8.15. The summed E-state index contributed by atoms with van der Waals surface area (Å²) >= 11 is 10.8. The Morgan fingerprint density at radius 3 is 2.69 bits per heavy atom. The van der Waals surface area contributed by atoms with Crippen molar-refractivity contribution in [1.82, 2.24) is 15.0 Å². The van der Waals surface area contributed by atoms with E-state index in [1.54, 1.807) is 0 Å². The molecular formula is C7H9Cl2N4O2S. The first kappa shape index (κ1) is 13.4. The molecule has 9 heteroatoms. The molecule has 0 aromatic carbocycles. The van der Waals surface area contributed by atoms with Crippen molar-refractivity contribution >= 4 is 39.0 Å². The van der Waals surface area contributed by atoms with Crippen molar-refractivity contribution in [3.63, 3.8) is 0 Å². The summed E-state index contributed by atoms with van der Waals surface area (Å²) in [6.07, 6.45) is 2.27. The van der Waals surface area contributed by atoms with E-state index in [0.717, 1.165) is 0 Å². The fourth-order valence-electron chi connectivity index (χ4n) is 0.868. The summed E-state index contributed by atoms with van der Waals surface area (Å²) in [4.78, 5) is 10.8. The van der Waals surface area contributed by atoms with Crippen LogP contribution in [0.5, 0.6) is 0 Å². The number of nitrogens with zero attached hydrogens (tertiary/aromatic N) is 3. The van der Waals surface area contributed by atoms with Crippen molar-refractivity contribution < 1.29 is 8.42 Å². The molecule has 0 bridgehead atoms. The van der Waals surface area contributed by atoms with Gasteiger partial charge in [0.15, 0.2) is 9.84 Å². The lowest BCUT2D eigenvalue weighted by Gasteiger charge is -2.04. The summed E-state index contributed by atoms with van der Waals surface area (Å²) in [5.74, 6) is 0.206. The number of nitrogens with one attached hydrogen (secondary N) is 1.